The zero-order valence-corrected chi connectivity index (χ0v) is 17.7. The molecule has 1 atom stereocenters. The number of fused-ring (bicyclic) bond motifs is 1. The number of benzene rings is 2. The van der Waals surface area contributed by atoms with Crippen molar-refractivity contribution in [1.82, 2.24) is 10.2 Å². The van der Waals surface area contributed by atoms with E-state index in [1.807, 2.05) is 37.1 Å². The van der Waals surface area contributed by atoms with Crippen molar-refractivity contribution in [3.05, 3.63) is 47.5 Å². The number of anilines is 1. The summed E-state index contributed by atoms with van der Waals surface area (Å²) in [6, 6.07) is 9.85. The van der Waals surface area contributed by atoms with Gasteiger partial charge in [0.2, 0.25) is 5.91 Å². The molecule has 30 heavy (non-hydrogen) atoms. The van der Waals surface area contributed by atoms with Crippen molar-refractivity contribution in [2.45, 2.75) is 26.4 Å². The molecule has 2 N–H and O–H groups in total. The molecule has 160 valence electrons. The lowest BCUT2D eigenvalue weighted by atomic mass is 10.1. The molecule has 3 rings (SSSR count). The van der Waals surface area contributed by atoms with Gasteiger partial charge in [0.15, 0.2) is 11.5 Å². The van der Waals surface area contributed by atoms with Gasteiger partial charge in [0.25, 0.3) is 0 Å². The highest BCUT2D eigenvalue weighted by atomic mass is 16.6. The second kappa shape index (κ2) is 9.49. The number of carbonyl (C=O) groups excluding carboxylic acids is 2. The molecular weight excluding hydrogens is 386 g/mol. The lowest BCUT2D eigenvalue weighted by molar-refractivity contribution is -0.124. The Kier molecular flexibility index (Phi) is 6.79. The largest absolute Gasteiger partial charge is 0.496 e. The summed E-state index contributed by atoms with van der Waals surface area (Å²) >= 11 is 0. The Morgan fingerprint density at radius 1 is 1.13 bits per heavy atom. The number of aryl methyl sites for hydroxylation is 1. The number of carbonyl (C=O) groups is 2. The zero-order valence-electron chi connectivity index (χ0n) is 17.7. The minimum Gasteiger partial charge on any atom is -0.496 e. The predicted octanol–water partition coefficient (Wildman–Crippen LogP) is 2.94. The third-order valence-corrected chi connectivity index (χ3v) is 4.93. The normalized spacial score (nSPS) is 13.5. The second-order valence-electron chi connectivity index (χ2n) is 7.21. The van der Waals surface area contributed by atoms with Gasteiger partial charge in [0.1, 0.15) is 19.0 Å². The summed E-state index contributed by atoms with van der Waals surface area (Å²) in [6.45, 7) is 5.20. The summed E-state index contributed by atoms with van der Waals surface area (Å²) in [5, 5.41) is 5.03. The van der Waals surface area contributed by atoms with Gasteiger partial charge in [-0.25, -0.2) is 4.79 Å². The van der Waals surface area contributed by atoms with Crippen molar-refractivity contribution in [3.8, 4) is 17.2 Å². The highest BCUT2D eigenvalue weighted by Crippen LogP contribution is 2.32. The van der Waals surface area contributed by atoms with E-state index in [9.17, 15) is 9.59 Å². The number of amides is 3. The van der Waals surface area contributed by atoms with Crippen molar-refractivity contribution >= 4 is 17.6 Å². The summed E-state index contributed by atoms with van der Waals surface area (Å²) in [5.74, 6) is 1.55. The summed E-state index contributed by atoms with van der Waals surface area (Å²) < 4.78 is 16.4. The van der Waals surface area contributed by atoms with Crippen LogP contribution in [-0.4, -0.2) is 50.3 Å². The molecule has 8 heteroatoms. The molecule has 0 bridgehead atoms. The summed E-state index contributed by atoms with van der Waals surface area (Å²) in [7, 11) is 3.44. The average molecular weight is 413 g/mol. The molecule has 0 saturated heterocycles. The van der Waals surface area contributed by atoms with Crippen LogP contribution >= 0.6 is 0 Å². The van der Waals surface area contributed by atoms with Crippen molar-refractivity contribution in [2.24, 2.45) is 0 Å². The van der Waals surface area contributed by atoms with Crippen LogP contribution in [0.1, 0.15) is 18.1 Å². The molecule has 1 aliphatic heterocycles. The van der Waals surface area contributed by atoms with Crippen LogP contribution in [-0.2, 0) is 11.3 Å². The topological polar surface area (TPSA) is 89.1 Å². The number of likely N-dealkylation sites (N-methyl/N-ethyl adjacent to an activating group) is 1. The molecule has 1 unspecified atom stereocenters. The Bertz CT molecular complexity index is 931. The van der Waals surface area contributed by atoms with Crippen molar-refractivity contribution in [2.75, 3.05) is 32.7 Å². The molecule has 0 saturated carbocycles. The van der Waals surface area contributed by atoms with Crippen LogP contribution in [0.5, 0.6) is 17.2 Å². The van der Waals surface area contributed by atoms with E-state index in [-0.39, 0.29) is 0 Å². The van der Waals surface area contributed by atoms with Crippen molar-refractivity contribution in [3.63, 3.8) is 0 Å². The van der Waals surface area contributed by atoms with Crippen LogP contribution < -0.4 is 24.8 Å². The number of rotatable bonds is 6. The van der Waals surface area contributed by atoms with E-state index in [4.69, 9.17) is 14.2 Å². The molecule has 2 aromatic carbocycles. The smallest absolute Gasteiger partial charge is 0.325 e. The van der Waals surface area contributed by atoms with E-state index in [2.05, 4.69) is 10.6 Å². The first-order valence-electron chi connectivity index (χ1n) is 9.72. The van der Waals surface area contributed by atoms with Gasteiger partial charge in [-0.2, -0.15) is 0 Å². The first-order valence-corrected chi connectivity index (χ1v) is 9.72. The standard InChI is InChI=1S/C22H27N3O5/c1-14-5-7-18(28-4)16(11-14)13-25(3)15(2)21(26)24-22(27)23-17-6-8-19-20(12-17)30-10-9-29-19/h5-8,11-12,15H,9-10,13H2,1-4H3,(H2,23,24,26,27). The molecule has 0 radical (unpaired) electrons. The first-order chi connectivity index (χ1) is 14.4. The van der Waals surface area contributed by atoms with Crippen LogP contribution in [0, 0.1) is 6.92 Å². The third-order valence-electron chi connectivity index (χ3n) is 4.93. The maximum absolute atomic E-state index is 12.5. The van der Waals surface area contributed by atoms with Gasteiger partial charge in [0.05, 0.1) is 13.2 Å². The number of nitrogens with zero attached hydrogens (tertiary/aromatic N) is 1. The SMILES string of the molecule is COc1ccc(C)cc1CN(C)C(C)C(=O)NC(=O)Nc1ccc2c(c1)OCCO2. The molecule has 2 aromatic rings. The number of ether oxygens (including phenoxy) is 3. The van der Waals surface area contributed by atoms with Crippen molar-refractivity contribution in [1.29, 1.82) is 0 Å². The van der Waals surface area contributed by atoms with E-state index >= 15 is 0 Å². The molecule has 1 heterocycles. The Morgan fingerprint density at radius 3 is 2.60 bits per heavy atom. The van der Waals surface area contributed by atoms with Gasteiger partial charge in [-0.15, -0.1) is 0 Å². The number of methoxy groups -OCH3 is 1. The van der Waals surface area contributed by atoms with Crippen molar-refractivity contribution < 1.29 is 23.8 Å². The molecule has 8 nitrogen and oxygen atoms in total. The van der Waals surface area contributed by atoms with Crippen LogP contribution in [0.3, 0.4) is 0 Å². The highest BCUT2D eigenvalue weighted by molar-refractivity contribution is 6.02. The van der Waals surface area contributed by atoms with E-state index in [0.29, 0.717) is 36.9 Å². The van der Waals surface area contributed by atoms with Gasteiger partial charge in [-0.3, -0.25) is 15.0 Å². The maximum atomic E-state index is 12.5. The van der Waals surface area contributed by atoms with E-state index in [0.717, 1.165) is 16.9 Å². The minimum absolute atomic E-state index is 0.404. The molecule has 1 aliphatic rings. The van der Waals surface area contributed by atoms with Gasteiger partial charge < -0.3 is 19.5 Å². The molecule has 0 fully saturated rings. The Labute approximate surface area is 176 Å². The van der Waals surface area contributed by atoms with Crippen LogP contribution in [0.4, 0.5) is 10.5 Å². The summed E-state index contributed by atoms with van der Waals surface area (Å²) in [5.41, 5.74) is 2.59. The summed E-state index contributed by atoms with van der Waals surface area (Å²) in [4.78, 5) is 26.7. The van der Waals surface area contributed by atoms with E-state index in [1.165, 1.54) is 0 Å². The van der Waals surface area contributed by atoms with Gasteiger partial charge >= 0.3 is 6.03 Å². The second-order valence-corrected chi connectivity index (χ2v) is 7.21. The zero-order chi connectivity index (χ0) is 21.7. The Morgan fingerprint density at radius 2 is 1.87 bits per heavy atom. The lowest BCUT2D eigenvalue weighted by Gasteiger charge is -2.24. The van der Waals surface area contributed by atoms with Crippen LogP contribution in [0.2, 0.25) is 0 Å². The highest BCUT2D eigenvalue weighted by Gasteiger charge is 2.22. The first kappa shape index (κ1) is 21.4. The molecule has 0 spiro atoms. The maximum Gasteiger partial charge on any atom is 0.325 e. The van der Waals surface area contributed by atoms with Crippen LogP contribution in [0.15, 0.2) is 36.4 Å². The predicted molar refractivity (Wildman–Crippen MR) is 113 cm³/mol. The Balaban J connectivity index is 1.57. The minimum atomic E-state index is -0.606. The fraction of sp³-hybridized carbons (Fsp3) is 0.364. The van der Waals surface area contributed by atoms with E-state index < -0.39 is 18.0 Å². The monoisotopic (exact) mass is 413 g/mol. The number of nitrogens with one attached hydrogen (secondary N) is 2. The molecule has 3 amide bonds. The lowest BCUT2D eigenvalue weighted by Crippen LogP contribution is -2.46. The number of hydrogen-bond donors (Lipinski definition) is 2. The quantitative estimate of drug-likeness (QED) is 0.757. The molecule has 0 aliphatic carbocycles. The average Bonchev–Trinajstić information content (AvgIpc) is 2.73. The molecule has 0 aromatic heterocycles. The van der Waals surface area contributed by atoms with Gasteiger partial charge in [-0.1, -0.05) is 17.7 Å². The van der Waals surface area contributed by atoms with Gasteiger partial charge in [0, 0.05) is 23.9 Å². The third kappa shape index (κ3) is 5.21. The molecular formula is C22H27N3O5. The Hall–Kier alpha value is -3.26. The number of imide groups is 1. The fourth-order valence-corrected chi connectivity index (χ4v) is 3.14. The van der Waals surface area contributed by atoms with Crippen LogP contribution in [0.25, 0.3) is 0 Å². The van der Waals surface area contributed by atoms with Gasteiger partial charge in [-0.05, 0) is 39.1 Å². The number of urea groups is 1. The fourth-order valence-electron chi connectivity index (χ4n) is 3.14. The summed E-state index contributed by atoms with van der Waals surface area (Å²) in [6.07, 6.45) is 0. The van der Waals surface area contributed by atoms with E-state index in [1.54, 1.807) is 32.2 Å². The number of hydrogen-bond acceptors (Lipinski definition) is 6.